The van der Waals surface area contributed by atoms with Gasteiger partial charge in [0.2, 0.25) is 0 Å². The molecule has 0 aromatic carbocycles. The quantitative estimate of drug-likeness (QED) is 0.515. The lowest BCUT2D eigenvalue weighted by Crippen LogP contribution is -2.21. The summed E-state index contributed by atoms with van der Waals surface area (Å²) in [6.45, 7) is 6.35. The highest BCUT2D eigenvalue weighted by Crippen LogP contribution is 2.20. The van der Waals surface area contributed by atoms with Gasteiger partial charge in [0.05, 0.1) is 0 Å². The number of likely N-dealkylation sites (tertiary alicyclic amines) is 1. The lowest BCUT2D eigenvalue weighted by Gasteiger charge is -2.15. The average Bonchev–Trinajstić information content (AvgIpc) is 2.54. The summed E-state index contributed by atoms with van der Waals surface area (Å²) < 4.78 is 0. The molecule has 78 valence electrons. The maximum Gasteiger partial charge on any atom is 0.00317 e. The molecule has 0 N–H and O–H groups in total. The third kappa shape index (κ3) is 4.46. The highest BCUT2D eigenvalue weighted by molar-refractivity contribution is 9.09. The molecule has 0 spiro atoms. The van der Waals surface area contributed by atoms with Gasteiger partial charge in [-0.25, -0.2) is 0 Å². The molecule has 0 saturated carbocycles. The highest BCUT2D eigenvalue weighted by atomic mass is 79.9. The van der Waals surface area contributed by atoms with E-state index in [1.165, 1.54) is 57.1 Å². The Kier molecular flexibility index (Phi) is 6.05. The second-order valence-corrected chi connectivity index (χ2v) is 4.93. The summed E-state index contributed by atoms with van der Waals surface area (Å²) in [5.74, 6) is 1.01. The van der Waals surface area contributed by atoms with E-state index in [0.29, 0.717) is 0 Å². The summed E-state index contributed by atoms with van der Waals surface area (Å²) in [7, 11) is 0. The number of unbranched alkanes of at least 4 members (excludes halogenated alkanes) is 1. The molecule has 1 unspecified atom stereocenters. The van der Waals surface area contributed by atoms with E-state index in [2.05, 4.69) is 27.8 Å². The summed E-state index contributed by atoms with van der Waals surface area (Å²) in [6.07, 6.45) is 6.94. The average molecular weight is 248 g/mol. The van der Waals surface area contributed by atoms with Crippen molar-refractivity contribution in [3.63, 3.8) is 0 Å². The van der Waals surface area contributed by atoms with Crippen LogP contribution in [0.15, 0.2) is 0 Å². The van der Waals surface area contributed by atoms with Crippen molar-refractivity contribution >= 4 is 15.9 Å². The van der Waals surface area contributed by atoms with Crippen molar-refractivity contribution in [2.75, 3.05) is 25.0 Å². The standard InChI is InChI=1S/C11H22BrN/c1-2-5-11-6-9-13(10-11)8-4-3-7-12/h11H,2-10H2,1H3. The molecule has 1 rings (SSSR count). The van der Waals surface area contributed by atoms with Crippen LogP contribution in [0, 0.1) is 5.92 Å². The Hall–Kier alpha value is 0.440. The van der Waals surface area contributed by atoms with Gasteiger partial charge in [-0.2, -0.15) is 0 Å². The molecular formula is C11H22BrN. The van der Waals surface area contributed by atoms with E-state index in [0.717, 1.165) is 5.92 Å². The van der Waals surface area contributed by atoms with Crippen LogP contribution in [0.4, 0.5) is 0 Å². The minimum atomic E-state index is 1.01. The predicted molar refractivity (Wildman–Crippen MR) is 62.5 cm³/mol. The maximum absolute atomic E-state index is 3.48. The summed E-state index contributed by atoms with van der Waals surface area (Å²) in [5.41, 5.74) is 0. The van der Waals surface area contributed by atoms with E-state index in [-0.39, 0.29) is 0 Å². The van der Waals surface area contributed by atoms with Crippen LogP contribution in [0.1, 0.15) is 39.0 Å². The van der Waals surface area contributed by atoms with Crippen LogP contribution in [-0.4, -0.2) is 29.9 Å². The Labute approximate surface area is 91.0 Å². The Bertz CT molecular complexity index is 127. The van der Waals surface area contributed by atoms with Crippen LogP contribution in [0.3, 0.4) is 0 Å². The summed E-state index contributed by atoms with van der Waals surface area (Å²) in [4.78, 5) is 2.64. The predicted octanol–water partition coefficient (Wildman–Crippen LogP) is 3.28. The number of halogens is 1. The molecule has 2 heteroatoms. The molecule has 0 aromatic heterocycles. The van der Waals surface area contributed by atoms with Crippen molar-refractivity contribution in [1.82, 2.24) is 4.90 Å². The molecule has 0 amide bonds. The van der Waals surface area contributed by atoms with Gasteiger partial charge in [-0.05, 0) is 44.7 Å². The Morgan fingerprint density at radius 2 is 2.23 bits per heavy atom. The minimum absolute atomic E-state index is 1.01. The van der Waals surface area contributed by atoms with E-state index in [1.54, 1.807) is 0 Å². The topological polar surface area (TPSA) is 3.24 Å². The van der Waals surface area contributed by atoms with Crippen molar-refractivity contribution < 1.29 is 0 Å². The molecule has 1 nitrogen and oxygen atoms in total. The van der Waals surface area contributed by atoms with Crippen LogP contribution in [0.2, 0.25) is 0 Å². The van der Waals surface area contributed by atoms with Crippen LogP contribution >= 0.6 is 15.9 Å². The summed E-state index contributed by atoms with van der Waals surface area (Å²) in [5, 5.41) is 1.17. The first kappa shape index (κ1) is 11.5. The van der Waals surface area contributed by atoms with Crippen LogP contribution < -0.4 is 0 Å². The zero-order valence-corrected chi connectivity index (χ0v) is 10.4. The van der Waals surface area contributed by atoms with Gasteiger partial charge >= 0.3 is 0 Å². The largest absolute Gasteiger partial charge is 0.303 e. The Morgan fingerprint density at radius 1 is 1.38 bits per heavy atom. The van der Waals surface area contributed by atoms with Crippen molar-refractivity contribution in [3.05, 3.63) is 0 Å². The zero-order valence-electron chi connectivity index (χ0n) is 8.77. The molecule has 0 aliphatic carbocycles. The zero-order chi connectivity index (χ0) is 9.52. The smallest absolute Gasteiger partial charge is 0.00317 e. The maximum atomic E-state index is 3.48. The molecule has 1 atom stereocenters. The fourth-order valence-corrected chi connectivity index (χ4v) is 2.59. The fourth-order valence-electron chi connectivity index (χ4n) is 2.19. The molecule has 0 radical (unpaired) electrons. The van der Waals surface area contributed by atoms with Crippen molar-refractivity contribution in [2.24, 2.45) is 5.92 Å². The van der Waals surface area contributed by atoms with Crippen LogP contribution in [-0.2, 0) is 0 Å². The third-order valence-electron chi connectivity index (χ3n) is 2.92. The molecule has 0 aromatic rings. The summed E-state index contributed by atoms with van der Waals surface area (Å²) >= 11 is 3.48. The van der Waals surface area contributed by atoms with Gasteiger partial charge in [0.25, 0.3) is 0 Å². The Balaban J connectivity index is 2.03. The van der Waals surface area contributed by atoms with Crippen molar-refractivity contribution in [1.29, 1.82) is 0 Å². The highest BCUT2D eigenvalue weighted by Gasteiger charge is 2.20. The van der Waals surface area contributed by atoms with E-state index >= 15 is 0 Å². The van der Waals surface area contributed by atoms with Gasteiger partial charge in [-0.1, -0.05) is 29.3 Å². The van der Waals surface area contributed by atoms with Gasteiger partial charge < -0.3 is 4.90 Å². The van der Waals surface area contributed by atoms with Crippen LogP contribution in [0.5, 0.6) is 0 Å². The molecule has 1 heterocycles. The number of hydrogen-bond acceptors (Lipinski definition) is 1. The molecule has 13 heavy (non-hydrogen) atoms. The molecule has 1 saturated heterocycles. The lowest BCUT2D eigenvalue weighted by atomic mass is 10.0. The first-order valence-electron chi connectivity index (χ1n) is 5.65. The Morgan fingerprint density at radius 3 is 2.92 bits per heavy atom. The van der Waals surface area contributed by atoms with E-state index in [9.17, 15) is 0 Å². The summed E-state index contributed by atoms with van der Waals surface area (Å²) in [6, 6.07) is 0. The van der Waals surface area contributed by atoms with Gasteiger partial charge in [-0.15, -0.1) is 0 Å². The SMILES string of the molecule is CCCC1CCN(CCCCBr)C1. The van der Waals surface area contributed by atoms with Gasteiger partial charge in [0, 0.05) is 11.9 Å². The molecular weight excluding hydrogens is 226 g/mol. The minimum Gasteiger partial charge on any atom is -0.303 e. The second-order valence-electron chi connectivity index (χ2n) is 4.14. The van der Waals surface area contributed by atoms with E-state index in [1.807, 2.05) is 0 Å². The van der Waals surface area contributed by atoms with Gasteiger partial charge in [0.1, 0.15) is 0 Å². The number of rotatable bonds is 6. The van der Waals surface area contributed by atoms with Crippen molar-refractivity contribution in [3.8, 4) is 0 Å². The fraction of sp³-hybridized carbons (Fsp3) is 1.00. The number of alkyl halides is 1. The number of hydrogen-bond donors (Lipinski definition) is 0. The third-order valence-corrected chi connectivity index (χ3v) is 3.49. The van der Waals surface area contributed by atoms with Gasteiger partial charge in [0.15, 0.2) is 0 Å². The number of nitrogens with zero attached hydrogens (tertiary/aromatic N) is 1. The molecule has 0 bridgehead atoms. The molecule has 1 aliphatic rings. The van der Waals surface area contributed by atoms with E-state index in [4.69, 9.17) is 0 Å². The first-order valence-corrected chi connectivity index (χ1v) is 6.77. The normalized spacial score (nSPS) is 24.0. The van der Waals surface area contributed by atoms with Gasteiger partial charge in [-0.3, -0.25) is 0 Å². The monoisotopic (exact) mass is 247 g/mol. The van der Waals surface area contributed by atoms with Crippen LogP contribution in [0.25, 0.3) is 0 Å². The molecule has 1 fully saturated rings. The van der Waals surface area contributed by atoms with Crippen molar-refractivity contribution in [2.45, 2.75) is 39.0 Å². The first-order chi connectivity index (χ1) is 6.36. The van der Waals surface area contributed by atoms with E-state index < -0.39 is 0 Å². The second kappa shape index (κ2) is 6.83. The lowest BCUT2D eigenvalue weighted by molar-refractivity contribution is 0.315. The molecule has 1 aliphatic heterocycles.